The molecule has 0 radical (unpaired) electrons. The third-order valence-corrected chi connectivity index (χ3v) is 2.56. The molecule has 6 heteroatoms. The summed E-state index contributed by atoms with van der Waals surface area (Å²) in [6.45, 7) is 3.24. The Balaban J connectivity index is 2.42. The average Bonchev–Trinajstić information content (AvgIpc) is 2.43. The van der Waals surface area contributed by atoms with Gasteiger partial charge in [-0.2, -0.15) is 0 Å². The molecule has 6 nitrogen and oxygen atoms in total. The van der Waals surface area contributed by atoms with Crippen LogP contribution in [0.1, 0.15) is 25.3 Å². The number of unbranched alkanes of at least 4 members (excludes halogenated alkanes) is 1. The number of oxime groups is 1. The molecule has 0 spiro atoms. The van der Waals surface area contributed by atoms with Crippen LogP contribution in [0.25, 0.3) is 0 Å². The fourth-order valence-electron chi connectivity index (χ4n) is 1.49. The number of hydrogen-bond donors (Lipinski definition) is 4. The summed E-state index contributed by atoms with van der Waals surface area (Å²) < 4.78 is 0. The fourth-order valence-corrected chi connectivity index (χ4v) is 1.49. The molecule has 1 aromatic rings. The van der Waals surface area contributed by atoms with Gasteiger partial charge in [0.1, 0.15) is 0 Å². The van der Waals surface area contributed by atoms with Crippen molar-refractivity contribution in [3.05, 3.63) is 29.8 Å². The molecule has 0 fully saturated rings. The number of nitrogens with one attached hydrogen (secondary N) is 2. The molecule has 104 valence electrons. The first-order valence-corrected chi connectivity index (χ1v) is 6.26. The molecular formula is C13H20N4O2. The first-order valence-electron chi connectivity index (χ1n) is 6.26. The molecule has 0 saturated heterocycles. The maximum atomic E-state index is 11.6. The van der Waals surface area contributed by atoms with E-state index in [1.165, 1.54) is 0 Å². The molecule has 0 saturated carbocycles. The second-order valence-electron chi connectivity index (χ2n) is 4.14. The number of amidine groups is 1. The Hall–Kier alpha value is -2.08. The fraction of sp³-hybridized carbons (Fsp3) is 0.385. The maximum absolute atomic E-state index is 11.6. The Morgan fingerprint density at radius 2 is 2.05 bits per heavy atom. The number of hydrogen-bond acceptors (Lipinski definition) is 4. The van der Waals surface area contributed by atoms with E-state index < -0.39 is 0 Å². The molecule has 0 aliphatic rings. The number of nitrogens with zero attached hydrogens (tertiary/aromatic N) is 1. The number of benzene rings is 1. The standard InChI is InChI=1S/C13H20N4O2/c1-2-3-8-15-9-12(18)16-11-6-4-10(5-7-11)13(14)17-19/h4-7,15,19H,2-3,8-9H2,1H3,(H2,14,17)(H,16,18). The van der Waals surface area contributed by atoms with E-state index in [0.717, 1.165) is 19.4 Å². The minimum Gasteiger partial charge on any atom is -0.409 e. The SMILES string of the molecule is CCCCNCC(=O)Nc1ccc(/C(N)=N/O)cc1. The van der Waals surface area contributed by atoms with Gasteiger partial charge in [-0.15, -0.1) is 0 Å². The number of amides is 1. The Labute approximate surface area is 112 Å². The molecule has 19 heavy (non-hydrogen) atoms. The van der Waals surface area contributed by atoms with Crippen molar-refractivity contribution in [2.75, 3.05) is 18.4 Å². The number of carbonyl (C=O) groups excluding carboxylic acids is 1. The summed E-state index contributed by atoms with van der Waals surface area (Å²) in [4.78, 5) is 11.6. The molecule has 0 aromatic heterocycles. The zero-order chi connectivity index (χ0) is 14.1. The monoisotopic (exact) mass is 264 g/mol. The minimum atomic E-state index is -0.0901. The van der Waals surface area contributed by atoms with E-state index in [4.69, 9.17) is 10.9 Å². The molecule has 0 atom stereocenters. The Kier molecular flexibility index (Phi) is 6.38. The van der Waals surface area contributed by atoms with Gasteiger partial charge < -0.3 is 21.6 Å². The lowest BCUT2D eigenvalue weighted by Gasteiger charge is -2.07. The Morgan fingerprint density at radius 3 is 2.63 bits per heavy atom. The quantitative estimate of drug-likeness (QED) is 0.195. The van der Waals surface area contributed by atoms with Gasteiger partial charge in [0.2, 0.25) is 5.91 Å². The summed E-state index contributed by atoms with van der Waals surface area (Å²) in [6, 6.07) is 6.76. The topological polar surface area (TPSA) is 99.7 Å². The van der Waals surface area contributed by atoms with Crippen LogP contribution in [0.3, 0.4) is 0 Å². The smallest absolute Gasteiger partial charge is 0.238 e. The molecule has 0 unspecified atom stereocenters. The summed E-state index contributed by atoms with van der Waals surface area (Å²) in [5.74, 6) is -0.0493. The molecule has 5 N–H and O–H groups in total. The van der Waals surface area contributed by atoms with Crippen LogP contribution in [0.15, 0.2) is 29.4 Å². The highest BCUT2D eigenvalue weighted by molar-refractivity contribution is 5.98. The van der Waals surface area contributed by atoms with Gasteiger partial charge in [-0.1, -0.05) is 18.5 Å². The lowest BCUT2D eigenvalue weighted by atomic mass is 10.2. The van der Waals surface area contributed by atoms with Crippen molar-refractivity contribution in [3.8, 4) is 0 Å². The van der Waals surface area contributed by atoms with E-state index in [1.807, 2.05) is 0 Å². The second kappa shape index (κ2) is 8.10. The van der Waals surface area contributed by atoms with Crippen LogP contribution in [-0.4, -0.2) is 30.0 Å². The van der Waals surface area contributed by atoms with Crippen LogP contribution in [0, 0.1) is 0 Å². The van der Waals surface area contributed by atoms with E-state index >= 15 is 0 Å². The highest BCUT2D eigenvalue weighted by Crippen LogP contribution is 2.09. The van der Waals surface area contributed by atoms with Gasteiger partial charge in [-0.3, -0.25) is 4.79 Å². The normalized spacial score (nSPS) is 11.3. The Bertz CT molecular complexity index is 429. The Morgan fingerprint density at radius 1 is 1.37 bits per heavy atom. The predicted molar refractivity (Wildman–Crippen MR) is 75.4 cm³/mol. The third kappa shape index (κ3) is 5.39. The van der Waals surface area contributed by atoms with Crippen molar-refractivity contribution < 1.29 is 10.0 Å². The van der Waals surface area contributed by atoms with Crippen molar-refractivity contribution >= 4 is 17.4 Å². The largest absolute Gasteiger partial charge is 0.409 e. The van der Waals surface area contributed by atoms with Gasteiger partial charge in [0.25, 0.3) is 0 Å². The van der Waals surface area contributed by atoms with E-state index in [2.05, 4.69) is 22.7 Å². The van der Waals surface area contributed by atoms with E-state index in [0.29, 0.717) is 17.8 Å². The van der Waals surface area contributed by atoms with Crippen LogP contribution < -0.4 is 16.4 Å². The molecule has 0 aliphatic carbocycles. The molecule has 0 heterocycles. The minimum absolute atomic E-state index is 0.0408. The molecule has 1 aromatic carbocycles. The van der Waals surface area contributed by atoms with Crippen molar-refractivity contribution in [2.24, 2.45) is 10.9 Å². The summed E-state index contributed by atoms with van der Waals surface area (Å²) in [6.07, 6.45) is 2.16. The summed E-state index contributed by atoms with van der Waals surface area (Å²) in [5, 5.41) is 17.3. The van der Waals surface area contributed by atoms with Gasteiger partial charge in [0.05, 0.1) is 6.54 Å². The molecule has 0 bridgehead atoms. The van der Waals surface area contributed by atoms with Crippen LogP contribution in [-0.2, 0) is 4.79 Å². The van der Waals surface area contributed by atoms with Gasteiger partial charge in [-0.25, -0.2) is 0 Å². The average molecular weight is 264 g/mol. The number of nitrogens with two attached hydrogens (primary N) is 1. The van der Waals surface area contributed by atoms with Gasteiger partial charge >= 0.3 is 0 Å². The zero-order valence-electron chi connectivity index (χ0n) is 11.0. The third-order valence-electron chi connectivity index (χ3n) is 2.56. The molecule has 1 rings (SSSR count). The second-order valence-corrected chi connectivity index (χ2v) is 4.14. The number of anilines is 1. The van der Waals surface area contributed by atoms with Crippen LogP contribution in [0.4, 0.5) is 5.69 Å². The van der Waals surface area contributed by atoms with E-state index in [1.54, 1.807) is 24.3 Å². The van der Waals surface area contributed by atoms with Crippen LogP contribution in [0.5, 0.6) is 0 Å². The number of carbonyl (C=O) groups is 1. The maximum Gasteiger partial charge on any atom is 0.238 e. The lowest BCUT2D eigenvalue weighted by molar-refractivity contribution is -0.115. The number of rotatable bonds is 7. The van der Waals surface area contributed by atoms with E-state index in [-0.39, 0.29) is 11.7 Å². The first-order chi connectivity index (χ1) is 9.17. The highest BCUT2D eigenvalue weighted by atomic mass is 16.4. The van der Waals surface area contributed by atoms with Gasteiger partial charge in [0.15, 0.2) is 5.84 Å². The summed E-state index contributed by atoms with van der Waals surface area (Å²) in [7, 11) is 0. The molecular weight excluding hydrogens is 244 g/mol. The van der Waals surface area contributed by atoms with Crippen LogP contribution >= 0.6 is 0 Å². The van der Waals surface area contributed by atoms with E-state index in [9.17, 15) is 4.79 Å². The highest BCUT2D eigenvalue weighted by Gasteiger charge is 2.03. The lowest BCUT2D eigenvalue weighted by Crippen LogP contribution is -2.28. The summed E-state index contributed by atoms with van der Waals surface area (Å²) >= 11 is 0. The zero-order valence-corrected chi connectivity index (χ0v) is 11.0. The van der Waals surface area contributed by atoms with Gasteiger partial charge in [-0.05, 0) is 37.2 Å². The van der Waals surface area contributed by atoms with Crippen molar-refractivity contribution in [3.63, 3.8) is 0 Å². The summed E-state index contributed by atoms with van der Waals surface area (Å²) in [5.41, 5.74) is 6.72. The van der Waals surface area contributed by atoms with Crippen molar-refractivity contribution in [2.45, 2.75) is 19.8 Å². The van der Waals surface area contributed by atoms with Crippen molar-refractivity contribution in [1.29, 1.82) is 0 Å². The molecule has 0 aliphatic heterocycles. The molecule has 1 amide bonds. The predicted octanol–water partition coefficient (Wildman–Crippen LogP) is 1.11. The van der Waals surface area contributed by atoms with Crippen molar-refractivity contribution in [1.82, 2.24) is 5.32 Å². The van der Waals surface area contributed by atoms with Gasteiger partial charge in [0, 0.05) is 11.3 Å². The van der Waals surface area contributed by atoms with Crippen LogP contribution in [0.2, 0.25) is 0 Å². The first kappa shape index (κ1) is 15.0.